The highest BCUT2D eigenvalue weighted by molar-refractivity contribution is 6.33. The number of hydrogen-bond donors (Lipinski definition) is 0. The van der Waals surface area contributed by atoms with Gasteiger partial charge in [-0.05, 0) is 97.1 Å². The van der Waals surface area contributed by atoms with E-state index in [1.165, 1.54) is 76.2 Å². The Labute approximate surface area is 410 Å². The molecule has 0 fully saturated rings. The predicted molar refractivity (Wildman–Crippen MR) is 300 cm³/mol. The fourth-order valence-corrected chi connectivity index (χ4v) is 12.7. The number of para-hydroxylation sites is 6. The zero-order chi connectivity index (χ0) is 46.8. The van der Waals surface area contributed by atoms with Gasteiger partial charge in [-0.3, -0.25) is 0 Å². The van der Waals surface area contributed by atoms with Crippen molar-refractivity contribution in [2.24, 2.45) is 0 Å². The Morgan fingerprint density at radius 2 is 0.625 bits per heavy atom. The van der Waals surface area contributed by atoms with Crippen molar-refractivity contribution in [1.29, 1.82) is 0 Å². The molecule has 17 aromatic rings. The molecule has 17 rings (SSSR count). The predicted octanol–water partition coefficient (Wildman–Crippen LogP) is 18.7. The fourth-order valence-electron chi connectivity index (χ4n) is 12.7. The molecule has 0 spiro atoms. The first-order valence-corrected chi connectivity index (χ1v) is 24.6. The zero-order valence-corrected chi connectivity index (χ0v) is 38.5. The fraction of sp³-hybridized carbons (Fsp3) is 0. The van der Waals surface area contributed by atoms with Crippen LogP contribution in [-0.4, -0.2) is 8.80 Å². The second-order valence-electron chi connectivity index (χ2n) is 19.1. The summed E-state index contributed by atoms with van der Waals surface area (Å²) in [6.45, 7) is 0. The third-order valence-electron chi connectivity index (χ3n) is 15.5. The van der Waals surface area contributed by atoms with Gasteiger partial charge in [-0.15, -0.1) is 0 Å². The van der Waals surface area contributed by atoms with Gasteiger partial charge in [0.25, 0.3) is 0 Å². The molecule has 0 aliphatic carbocycles. The minimum atomic E-state index is 0.868. The van der Waals surface area contributed by atoms with E-state index in [9.17, 15) is 0 Å². The van der Waals surface area contributed by atoms with Crippen LogP contribution in [-0.2, 0) is 0 Å². The summed E-state index contributed by atoms with van der Waals surface area (Å²) in [6.07, 6.45) is 0. The molecule has 6 heterocycles. The van der Waals surface area contributed by atoms with Crippen molar-refractivity contribution in [3.63, 3.8) is 0 Å². The van der Waals surface area contributed by atoms with E-state index in [4.69, 9.17) is 8.83 Å². The number of benzene rings is 11. The Hall–Kier alpha value is -9.78. The van der Waals surface area contributed by atoms with Gasteiger partial charge in [-0.1, -0.05) is 133 Å². The van der Waals surface area contributed by atoms with Crippen molar-refractivity contribution >= 4 is 154 Å². The van der Waals surface area contributed by atoms with Gasteiger partial charge in [0, 0.05) is 65.2 Å². The van der Waals surface area contributed by atoms with Crippen molar-refractivity contribution in [1.82, 2.24) is 8.80 Å². The standard InChI is InChI=1S/C66H38N4O2/c1-3-17-39(18-4-1)67(51-27-15-31-59-61(51)45-23-9-13-29-57(45)71-59)53-35-33-41-47-37-56-48(38-55(47)69-49-25-11-7-21-43(49)63(53)65(41)69)42-34-36-54(64-44-22-8-12-26-50(44)70(56)66(42)64)68(40-19-5-2-6-20-40)52-28-16-32-60-62(52)46-24-10-14-30-58(46)72-60/h1-38H. The third-order valence-corrected chi connectivity index (χ3v) is 15.5. The van der Waals surface area contributed by atoms with Crippen LogP contribution in [0.5, 0.6) is 0 Å². The third kappa shape index (κ3) is 4.87. The molecule has 72 heavy (non-hydrogen) atoms. The van der Waals surface area contributed by atoms with Gasteiger partial charge in [0.2, 0.25) is 0 Å². The van der Waals surface area contributed by atoms with Crippen molar-refractivity contribution in [3.05, 3.63) is 231 Å². The summed E-state index contributed by atoms with van der Waals surface area (Å²) in [5.41, 5.74) is 17.2. The number of hydrogen-bond acceptors (Lipinski definition) is 4. The topological polar surface area (TPSA) is 41.6 Å². The van der Waals surface area contributed by atoms with E-state index in [1.807, 2.05) is 12.1 Å². The minimum absolute atomic E-state index is 0.868. The molecule has 0 radical (unpaired) electrons. The Bertz CT molecular complexity index is 4740. The zero-order valence-electron chi connectivity index (χ0n) is 38.5. The molecule has 0 atom stereocenters. The summed E-state index contributed by atoms with van der Waals surface area (Å²) in [4.78, 5) is 4.88. The average molecular weight is 919 g/mol. The molecule has 0 N–H and O–H groups in total. The highest BCUT2D eigenvalue weighted by atomic mass is 16.3. The lowest BCUT2D eigenvalue weighted by Crippen LogP contribution is -2.10. The lowest BCUT2D eigenvalue weighted by atomic mass is 10.0. The van der Waals surface area contributed by atoms with E-state index in [-0.39, 0.29) is 0 Å². The molecule has 0 saturated carbocycles. The first-order chi connectivity index (χ1) is 35.8. The number of anilines is 6. The Morgan fingerprint density at radius 1 is 0.250 bits per heavy atom. The van der Waals surface area contributed by atoms with Gasteiger partial charge in [0.05, 0.1) is 66.6 Å². The van der Waals surface area contributed by atoms with Crippen LogP contribution in [0, 0.1) is 0 Å². The van der Waals surface area contributed by atoms with Gasteiger partial charge in [0.15, 0.2) is 0 Å². The minimum Gasteiger partial charge on any atom is -0.456 e. The molecule has 6 nitrogen and oxygen atoms in total. The molecule has 0 aliphatic heterocycles. The first kappa shape index (κ1) is 38.1. The lowest BCUT2D eigenvalue weighted by molar-refractivity contribution is 0.668. The lowest BCUT2D eigenvalue weighted by Gasteiger charge is -2.27. The molecule has 0 saturated heterocycles. The van der Waals surface area contributed by atoms with Crippen LogP contribution in [0.4, 0.5) is 34.1 Å². The quantitative estimate of drug-likeness (QED) is 0.167. The van der Waals surface area contributed by atoms with Crippen molar-refractivity contribution in [2.75, 3.05) is 9.80 Å². The van der Waals surface area contributed by atoms with E-state index in [0.29, 0.717) is 0 Å². The molecule has 0 aliphatic rings. The van der Waals surface area contributed by atoms with Crippen LogP contribution >= 0.6 is 0 Å². The highest BCUT2D eigenvalue weighted by Crippen LogP contribution is 2.53. The second kappa shape index (κ2) is 13.9. The van der Waals surface area contributed by atoms with Crippen LogP contribution in [0.2, 0.25) is 0 Å². The maximum absolute atomic E-state index is 6.50. The maximum atomic E-state index is 6.50. The van der Waals surface area contributed by atoms with Gasteiger partial charge in [-0.25, -0.2) is 0 Å². The van der Waals surface area contributed by atoms with E-state index >= 15 is 0 Å². The van der Waals surface area contributed by atoms with Gasteiger partial charge >= 0.3 is 0 Å². The maximum Gasteiger partial charge on any atom is 0.137 e. The van der Waals surface area contributed by atoms with Crippen LogP contribution in [0.15, 0.2) is 239 Å². The molecule has 0 bridgehead atoms. The number of fused-ring (bicyclic) bond motifs is 18. The van der Waals surface area contributed by atoms with Crippen LogP contribution in [0.25, 0.3) is 120 Å². The Balaban J connectivity index is 0.958. The van der Waals surface area contributed by atoms with E-state index < -0.39 is 0 Å². The molecule has 0 unspecified atom stereocenters. The molecule has 6 heteroatoms. The van der Waals surface area contributed by atoms with Gasteiger partial charge in [0.1, 0.15) is 22.3 Å². The van der Waals surface area contributed by atoms with Crippen molar-refractivity contribution < 1.29 is 8.83 Å². The molecular formula is C66H38N4O2. The summed E-state index contributed by atoms with van der Waals surface area (Å²) < 4.78 is 18.1. The Kier molecular flexibility index (Phi) is 7.38. The first-order valence-electron chi connectivity index (χ1n) is 24.6. The van der Waals surface area contributed by atoms with Crippen molar-refractivity contribution in [3.8, 4) is 0 Å². The number of furan rings is 2. The summed E-state index contributed by atoms with van der Waals surface area (Å²) in [5, 5.41) is 14.1. The molecule has 334 valence electrons. The van der Waals surface area contributed by atoms with E-state index in [0.717, 1.165) is 78.0 Å². The summed E-state index contributed by atoms with van der Waals surface area (Å²) >= 11 is 0. The Morgan fingerprint density at radius 3 is 1.08 bits per heavy atom. The van der Waals surface area contributed by atoms with Crippen LogP contribution in [0.1, 0.15) is 0 Å². The summed E-state index contributed by atoms with van der Waals surface area (Å²) in [7, 11) is 0. The second-order valence-corrected chi connectivity index (χ2v) is 19.1. The molecule has 6 aromatic heterocycles. The molecule has 11 aromatic carbocycles. The molecule has 0 amide bonds. The average Bonchev–Trinajstić information content (AvgIpc) is 4.29. The number of nitrogens with zero attached hydrogens (tertiary/aromatic N) is 4. The monoisotopic (exact) mass is 918 g/mol. The summed E-state index contributed by atoms with van der Waals surface area (Å²) in [5.74, 6) is 0. The highest BCUT2D eigenvalue weighted by Gasteiger charge is 2.29. The smallest absolute Gasteiger partial charge is 0.137 e. The van der Waals surface area contributed by atoms with Crippen LogP contribution < -0.4 is 9.80 Å². The normalized spacial score (nSPS) is 12.4. The van der Waals surface area contributed by atoms with Gasteiger partial charge in [-0.2, -0.15) is 0 Å². The summed E-state index contributed by atoms with van der Waals surface area (Å²) in [6, 6.07) is 83.4. The largest absolute Gasteiger partial charge is 0.456 e. The number of aromatic nitrogens is 2. The van der Waals surface area contributed by atoms with Crippen molar-refractivity contribution in [2.45, 2.75) is 0 Å². The van der Waals surface area contributed by atoms with Gasteiger partial charge < -0.3 is 27.4 Å². The van der Waals surface area contributed by atoms with E-state index in [2.05, 4.69) is 237 Å². The number of rotatable bonds is 6. The SMILES string of the molecule is c1ccc(N(c2cccc3oc4ccccc4c23)c2ccc3c4cc5c(cc4n4c6ccccc6c2c34)c2ccc(N(c3ccccc3)c3cccc4oc6ccccc6c34)c3c4ccccc4n5c23)cc1. The van der Waals surface area contributed by atoms with E-state index in [1.54, 1.807) is 0 Å². The molecular weight excluding hydrogens is 881 g/mol. The van der Waals surface area contributed by atoms with Crippen LogP contribution in [0.3, 0.4) is 0 Å².